The van der Waals surface area contributed by atoms with Crippen LogP contribution < -0.4 is 5.73 Å². The highest BCUT2D eigenvalue weighted by Gasteiger charge is 2.19. The van der Waals surface area contributed by atoms with E-state index in [9.17, 15) is 0 Å². The number of nitrogens with zero attached hydrogens (tertiary/aromatic N) is 3. The van der Waals surface area contributed by atoms with E-state index < -0.39 is 0 Å². The number of nitrogen functional groups attached to an aromatic ring is 1. The molecule has 2 aromatic heterocycles. The number of thiazole rings is 1. The first kappa shape index (κ1) is 14.6. The minimum Gasteiger partial charge on any atom is -0.369 e. The van der Waals surface area contributed by atoms with E-state index in [4.69, 9.17) is 28.9 Å². The number of nitrogens with two attached hydrogens (primary N) is 1. The van der Waals surface area contributed by atoms with Crippen molar-refractivity contribution in [2.24, 2.45) is 0 Å². The lowest BCUT2D eigenvalue weighted by atomic mass is 10.3. The van der Waals surface area contributed by atoms with Crippen molar-refractivity contribution in [2.75, 3.05) is 5.73 Å². The molecular weight excluding hydrogens is 327 g/mol. The Morgan fingerprint density at radius 1 is 1.33 bits per heavy atom. The zero-order valence-corrected chi connectivity index (χ0v) is 13.9. The van der Waals surface area contributed by atoms with Gasteiger partial charge in [0.05, 0.1) is 27.1 Å². The molecule has 0 aliphatic carbocycles. The second-order valence-corrected chi connectivity index (χ2v) is 6.75. The highest BCUT2D eigenvalue weighted by Crippen LogP contribution is 2.33. The molecule has 1 unspecified atom stereocenters. The standard InChI is InChI=1S/C14H14Cl2N4S/c1-3-8-6-18-13(21-8)7(2)20-12-5-10(16)9(15)4-11(12)19-14(20)17/h4-7H,3H2,1-2H3,(H2,17,19). The molecule has 4 nitrogen and oxygen atoms in total. The highest BCUT2D eigenvalue weighted by atomic mass is 35.5. The van der Waals surface area contributed by atoms with Gasteiger partial charge in [-0.2, -0.15) is 0 Å². The fourth-order valence-electron chi connectivity index (χ4n) is 2.31. The Bertz CT molecular complexity index is 809. The van der Waals surface area contributed by atoms with Crippen LogP contribution in [0, 0.1) is 0 Å². The fourth-order valence-corrected chi connectivity index (χ4v) is 3.52. The van der Waals surface area contributed by atoms with E-state index in [1.54, 1.807) is 23.5 Å². The molecule has 0 spiro atoms. The third-order valence-corrected chi connectivity index (χ3v) is 5.46. The van der Waals surface area contributed by atoms with Gasteiger partial charge < -0.3 is 10.3 Å². The molecule has 2 heterocycles. The summed E-state index contributed by atoms with van der Waals surface area (Å²) in [6, 6.07) is 3.53. The highest BCUT2D eigenvalue weighted by molar-refractivity contribution is 7.11. The monoisotopic (exact) mass is 340 g/mol. The summed E-state index contributed by atoms with van der Waals surface area (Å²) in [5, 5.41) is 1.97. The molecule has 1 aromatic carbocycles. The summed E-state index contributed by atoms with van der Waals surface area (Å²) < 4.78 is 1.94. The minimum atomic E-state index is -0.00228. The molecule has 3 aromatic rings. The van der Waals surface area contributed by atoms with Crippen LogP contribution in [-0.2, 0) is 6.42 Å². The number of hydrogen-bond acceptors (Lipinski definition) is 4. The van der Waals surface area contributed by atoms with Crippen LogP contribution in [0.1, 0.15) is 29.8 Å². The minimum absolute atomic E-state index is 0.00228. The molecule has 0 saturated heterocycles. The molecule has 0 bridgehead atoms. The largest absolute Gasteiger partial charge is 0.369 e. The first-order valence-corrected chi connectivity index (χ1v) is 8.15. The van der Waals surface area contributed by atoms with Gasteiger partial charge in [0.1, 0.15) is 5.01 Å². The predicted octanol–water partition coefficient (Wildman–Crippen LogP) is 4.55. The summed E-state index contributed by atoms with van der Waals surface area (Å²) in [6.45, 7) is 4.17. The molecule has 0 amide bonds. The van der Waals surface area contributed by atoms with Gasteiger partial charge in [-0.1, -0.05) is 30.1 Å². The SMILES string of the molecule is CCc1cnc(C(C)n2c(N)nc3cc(Cl)c(Cl)cc32)s1. The first-order valence-electron chi connectivity index (χ1n) is 6.58. The van der Waals surface area contributed by atoms with Gasteiger partial charge in [-0.25, -0.2) is 9.97 Å². The van der Waals surface area contributed by atoms with Crippen LogP contribution in [0.4, 0.5) is 5.95 Å². The van der Waals surface area contributed by atoms with E-state index in [1.807, 2.05) is 10.8 Å². The van der Waals surface area contributed by atoms with Crippen LogP contribution in [0.3, 0.4) is 0 Å². The van der Waals surface area contributed by atoms with Gasteiger partial charge >= 0.3 is 0 Å². The Labute approximate surface area is 136 Å². The lowest BCUT2D eigenvalue weighted by molar-refractivity contribution is 0.662. The molecule has 110 valence electrons. The van der Waals surface area contributed by atoms with Crippen molar-refractivity contribution < 1.29 is 0 Å². The molecule has 2 N–H and O–H groups in total. The van der Waals surface area contributed by atoms with Gasteiger partial charge in [-0.15, -0.1) is 11.3 Å². The summed E-state index contributed by atoms with van der Waals surface area (Å²) in [5.41, 5.74) is 7.67. The number of benzene rings is 1. The van der Waals surface area contributed by atoms with Crippen molar-refractivity contribution in [3.63, 3.8) is 0 Å². The van der Waals surface area contributed by atoms with Crippen molar-refractivity contribution in [3.05, 3.63) is 38.3 Å². The summed E-state index contributed by atoms with van der Waals surface area (Å²) in [6.07, 6.45) is 2.89. The number of aromatic nitrogens is 3. The van der Waals surface area contributed by atoms with E-state index in [2.05, 4.69) is 23.8 Å². The molecule has 0 aliphatic rings. The Balaban J connectivity index is 2.14. The number of imidazole rings is 1. The van der Waals surface area contributed by atoms with Crippen molar-refractivity contribution in [1.82, 2.24) is 14.5 Å². The Morgan fingerprint density at radius 2 is 2.05 bits per heavy atom. The molecular formula is C14H14Cl2N4S. The van der Waals surface area contributed by atoms with Crippen LogP contribution in [0.5, 0.6) is 0 Å². The fraction of sp³-hybridized carbons (Fsp3) is 0.286. The molecule has 3 rings (SSSR count). The average Bonchev–Trinajstić information content (AvgIpc) is 3.03. The van der Waals surface area contributed by atoms with Gasteiger partial charge in [0.2, 0.25) is 5.95 Å². The predicted molar refractivity (Wildman–Crippen MR) is 89.5 cm³/mol. The second-order valence-electron chi connectivity index (χ2n) is 4.79. The lowest BCUT2D eigenvalue weighted by Crippen LogP contribution is -2.09. The van der Waals surface area contributed by atoms with Gasteiger partial charge in [0, 0.05) is 11.1 Å². The molecule has 0 radical (unpaired) electrons. The third-order valence-electron chi connectivity index (χ3n) is 3.42. The first-order chi connectivity index (χ1) is 10.0. The summed E-state index contributed by atoms with van der Waals surface area (Å²) >= 11 is 13.8. The van der Waals surface area contributed by atoms with Crippen molar-refractivity contribution in [1.29, 1.82) is 0 Å². The van der Waals surface area contributed by atoms with Gasteiger partial charge in [0.25, 0.3) is 0 Å². The maximum Gasteiger partial charge on any atom is 0.201 e. The maximum atomic E-state index is 6.12. The zero-order chi connectivity index (χ0) is 15.1. The van der Waals surface area contributed by atoms with Gasteiger partial charge in [-0.05, 0) is 25.5 Å². The van der Waals surface area contributed by atoms with Crippen LogP contribution in [-0.4, -0.2) is 14.5 Å². The number of fused-ring (bicyclic) bond motifs is 1. The number of hydrogen-bond donors (Lipinski definition) is 1. The molecule has 1 atom stereocenters. The summed E-state index contributed by atoms with van der Waals surface area (Å²) in [4.78, 5) is 10.1. The summed E-state index contributed by atoms with van der Waals surface area (Å²) in [5.74, 6) is 0.434. The molecule has 0 saturated carbocycles. The Morgan fingerprint density at radius 3 is 2.71 bits per heavy atom. The van der Waals surface area contributed by atoms with E-state index in [-0.39, 0.29) is 6.04 Å². The average molecular weight is 341 g/mol. The van der Waals surface area contributed by atoms with E-state index in [1.165, 1.54) is 4.88 Å². The zero-order valence-electron chi connectivity index (χ0n) is 11.6. The van der Waals surface area contributed by atoms with Crippen molar-refractivity contribution in [2.45, 2.75) is 26.3 Å². The third kappa shape index (κ3) is 2.50. The number of rotatable bonds is 3. The van der Waals surface area contributed by atoms with Crippen molar-refractivity contribution in [3.8, 4) is 0 Å². The Hall–Kier alpha value is -1.30. The Kier molecular flexibility index (Phi) is 3.82. The number of aryl methyl sites for hydroxylation is 1. The number of anilines is 1. The van der Waals surface area contributed by atoms with E-state index in [0.717, 1.165) is 22.5 Å². The van der Waals surface area contributed by atoms with Crippen LogP contribution in [0.15, 0.2) is 18.3 Å². The lowest BCUT2D eigenvalue weighted by Gasteiger charge is -2.13. The smallest absolute Gasteiger partial charge is 0.201 e. The van der Waals surface area contributed by atoms with E-state index >= 15 is 0 Å². The second kappa shape index (κ2) is 5.48. The quantitative estimate of drug-likeness (QED) is 0.760. The van der Waals surface area contributed by atoms with E-state index in [0.29, 0.717) is 16.0 Å². The molecule has 7 heteroatoms. The summed E-state index contributed by atoms with van der Waals surface area (Å²) in [7, 11) is 0. The maximum absolute atomic E-state index is 6.12. The molecule has 21 heavy (non-hydrogen) atoms. The van der Waals surface area contributed by atoms with Crippen LogP contribution in [0.25, 0.3) is 11.0 Å². The van der Waals surface area contributed by atoms with Gasteiger partial charge in [-0.3, -0.25) is 0 Å². The van der Waals surface area contributed by atoms with Crippen molar-refractivity contribution >= 4 is 51.5 Å². The van der Waals surface area contributed by atoms with Gasteiger partial charge in [0.15, 0.2) is 0 Å². The molecule has 0 aliphatic heterocycles. The topological polar surface area (TPSA) is 56.7 Å². The van der Waals surface area contributed by atoms with Crippen LogP contribution >= 0.6 is 34.5 Å². The number of halogens is 2. The van der Waals surface area contributed by atoms with Crippen LogP contribution in [0.2, 0.25) is 10.0 Å². The molecule has 0 fully saturated rings. The normalized spacial score (nSPS) is 13.0.